The van der Waals surface area contributed by atoms with E-state index < -0.39 is 5.60 Å². The van der Waals surface area contributed by atoms with Gasteiger partial charge in [-0.15, -0.1) is 0 Å². The third-order valence-electron chi connectivity index (χ3n) is 6.41. The molecule has 0 radical (unpaired) electrons. The van der Waals surface area contributed by atoms with Gasteiger partial charge in [-0.05, 0) is 81.6 Å². The molecule has 188 valence electrons. The molecule has 0 saturated carbocycles. The van der Waals surface area contributed by atoms with Crippen LogP contribution >= 0.6 is 11.6 Å². The van der Waals surface area contributed by atoms with Crippen LogP contribution in [0.1, 0.15) is 41.8 Å². The van der Waals surface area contributed by atoms with Crippen LogP contribution < -0.4 is 9.47 Å². The van der Waals surface area contributed by atoms with Crippen LogP contribution in [0.4, 0.5) is 0 Å². The Kier molecular flexibility index (Phi) is 8.37. The number of hydrogen-bond acceptors (Lipinski definition) is 5. The Morgan fingerprint density at radius 1 is 1.09 bits per heavy atom. The number of benzene rings is 2. The van der Waals surface area contributed by atoms with Gasteiger partial charge < -0.3 is 14.6 Å². The first kappa shape index (κ1) is 25.5. The second-order valence-corrected chi connectivity index (χ2v) is 10.2. The third-order valence-corrected chi connectivity index (χ3v) is 6.72. The van der Waals surface area contributed by atoms with Gasteiger partial charge in [0.05, 0.1) is 17.3 Å². The standard InChI is InChI=1S/C28H36ClN3O3/c1-21-9-10-26(29)27(15-21)35-20-28(33)11-5-12-31(19-28)18-24-7-4-8-25(17-24)34-14-6-13-32-23(3)16-22(2)30-32/h4,7-10,15-17,33H,5-6,11-14,18-20H2,1-3H3/t28-/m1/s1. The number of hydrogen-bond donors (Lipinski definition) is 1. The van der Waals surface area contributed by atoms with Gasteiger partial charge in [-0.2, -0.15) is 5.10 Å². The summed E-state index contributed by atoms with van der Waals surface area (Å²) in [7, 11) is 0. The smallest absolute Gasteiger partial charge is 0.138 e. The number of aliphatic hydroxyl groups is 1. The lowest BCUT2D eigenvalue weighted by atomic mass is 9.93. The summed E-state index contributed by atoms with van der Waals surface area (Å²) >= 11 is 6.26. The Balaban J connectivity index is 1.27. The van der Waals surface area contributed by atoms with Gasteiger partial charge in [-0.1, -0.05) is 29.8 Å². The van der Waals surface area contributed by atoms with Crippen molar-refractivity contribution in [2.24, 2.45) is 0 Å². The minimum Gasteiger partial charge on any atom is -0.494 e. The molecule has 2 heterocycles. The zero-order valence-electron chi connectivity index (χ0n) is 21.0. The topological polar surface area (TPSA) is 59.8 Å². The molecule has 1 aromatic heterocycles. The molecule has 4 rings (SSSR count). The Morgan fingerprint density at radius 2 is 1.94 bits per heavy atom. The first-order chi connectivity index (χ1) is 16.8. The van der Waals surface area contributed by atoms with E-state index in [4.69, 9.17) is 21.1 Å². The van der Waals surface area contributed by atoms with Crippen LogP contribution in [-0.2, 0) is 13.1 Å². The molecular weight excluding hydrogens is 462 g/mol. The van der Waals surface area contributed by atoms with Gasteiger partial charge in [-0.3, -0.25) is 9.58 Å². The van der Waals surface area contributed by atoms with E-state index in [0.717, 1.165) is 49.5 Å². The van der Waals surface area contributed by atoms with E-state index in [1.165, 1.54) is 11.3 Å². The van der Waals surface area contributed by atoms with Gasteiger partial charge in [0.2, 0.25) is 0 Å². The van der Waals surface area contributed by atoms with E-state index >= 15 is 0 Å². The van der Waals surface area contributed by atoms with E-state index in [9.17, 15) is 5.11 Å². The molecule has 1 saturated heterocycles. The molecule has 1 atom stereocenters. The number of likely N-dealkylation sites (tertiary alicyclic amines) is 1. The maximum absolute atomic E-state index is 11.2. The number of halogens is 1. The lowest BCUT2D eigenvalue weighted by Gasteiger charge is -2.39. The first-order valence-corrected chi connectivity index (χ1v) is 12.7. The predicted octanol–water partition coefficient (Wildman–Crippen LogP) is 5.34. The molecule has 7 heteroatoms. The fraction of sp³-hybridized carbons (Fsp3) is 0.464. The van der Waals surface area contributed by atoms with Crippen LogP contribution in [0.3, 0.4) is 0 Å². The molecule has 0 bridgehead atoms. The molecular formula is C28H36ClN3O3. The van der Waals surface area contributed by atoms with E-state index in [2.05, 4.69) is 35.1 Å². The predicted molar refractivity (Wildman–Crippen MR) is 139 cm³/mol. The summed E-state index contributed by atoms with van der Waals surface area (Å²) < 4.78 is 14.0. The lowest BCUT2D eigenvalue weighted by Crippen LogP contribution is -2.51. The van der Waals surface area contributed by atoms with E-state index in [-0.39, 0.29) is 6.61 Å². The fourth-order valence-corrected chi connectivity index (χ4v) is 4.86. The molecule has 0 aliphatic carbocycles. The molecule has 0 unspecified atom stereocenters. The highest BCUT2D eigenvalue weighted by molar-refractivity contribution is 6.32. The highest BCUT2D eigenvalue weighted by atomic mass is 35.5. The Hall–Kier alpha value is -2.54. The van der Waals surface area contributed by atoms with Gasteiger partial charge in [0.15, 0.2) is 0 Å². The van der Waals surface area contributed by atoms with Crippen molar-refractivity contribution in [3.8, 4) is 11.5 Å². The van der Waals surface area contributed by atoms with Crippen LogP contribution in [0.5, 0.6) is 11.5 Å². The van der Waals surface area contributed by atoms with Crippen LogP contribution in [0, 0.1) is 20.8 Å². The minimum atomic E-state index is -0.900. The average molecular weight is 498 g/mol. The normalized spacial score (nSPS) is 18.5. The van der Waals surface area contributed by atoms with Gasteiger partial charge in [-0.25, -0.2) is 0 Å². The zero-order chi connectivity index (χ0) is 24.8. The quantitative estimate of drug-likeness (QED) is 0.383. The molecule has 3 aromatic rings. The van der Waals surface area contributed by atoms with Crippen molar-refractivity contribution in [2.75, 3.05) is 26.3 Å². The first-order valence-electron chi connectivity index (χ1n) is 12.4. The molecule has 1 N–H and O–H groups in total. The van der Waals surface area contributed by atoms with Crippen molar-refractivity contribution >= 4 is 11.6 Å². The van der Waals surface area contributed by atoms with Crippen LogP contribution in [0.25, 0.3) is 0 Å². The summed E-state index contributed by atoms with van der Waals surface area (Å²) in [5.74, 6) is 1.50. The van der Waals surface area contributed by atoms with Crippen molar-refractivity contribution < 1.29 is 14.6 Å². The highest BCUT2D eigenvalue weighted by Crippen LogP contribution is 2.29. The molecule has 1 aliphatic rings. The minimum absolute atomic E-state index is 0.227. The molecule has 0 amide bonds. The summed E-state index contributed by atoms with van der Waals surface area (Å²) in [4.78, 5) is 2.28. The summed E-state index contributed by atoms with van der Waals surface area (Å²) in [6.45, 7) is 10.1. The fourth-order valence-electron chi connectivity index (χ4n) is 4.69. The molecule has 35 heavy (non-hydrogen) atoms. The van der Waals surface area contributed by atoms with Gasteiger partial charge in [0, 0.05) is 31.7 Å². The lowest BCUT2D eigenvalue weighted by molar-refractivity contribution is -0.0621. The Labute approximate surface area is 213 Å². The van der Waals surface area contributed by atoms with Crippen molar-refractivity contribution in [1.29, 1.82) is 0 Å². The molecule has 2 aromatic carbocycles. The maximum atomic E-state index is 11.2. The Bertz CT molecular complexity index is 1130. The number of aromatic nitrogens is 2. The number of nitrogens with zero attached hydrogens (tertiary/aromatic N) is 3. The van der Waals surface area contributed by atoms with Crippen molar-refractivity contribution in [2.45, 2.75) is 58.7 Å². The Morgan fingerprint density at radius 3 is 2.74 bits per heavy atom. The van der Waals surface area contributed by atoms with Crippen LogP contribution in [0.2, 0.25) is 5.02 Å². The highest BCUT2D eigenvalue weighted by Gasteiger charge is 2.34. The number of aryl methyl sites for hydroxylation is 4. The van der Waals surface area contributed by atoms with Gasteiger partial charge in [0.1, 0.15) is 23.7 Å². The number of piperidine rings is 1. The zero-order valence-corrected chi connectivity index (χ0v) is 21.7. The second-order valence-electron chi connectivity index (χ2n) is 9.76. The largest absolute Gasteiger partial charge is 0.494 e. The van der Waals surface area contributed by atoms with Crippen molar-refractivity contribution in [1.82, 2.24) is 14.7 Å². The van der Waals surface area contributed by atoms with Crippen molar-refractivity contribution in [3.05, 3.63) is 76.1 Å². The number of rotatable bonds is 10. The average Bonchev–Trinajstić information content (AvgIpc) is 3.14. The van der Waals surface area contributed by atoms with E-state index in [0.29, 0.717) is 30.3 Å². The van der Waals surface area contributed by atoms with Gasteiger partial charge in [0.25, 0.3) is 0 Å². The molecule has 1 fully saturated rings. The van der Waals surface area contributed by atoms with Crippen LogP contribution in [0.15, 0.2) is 48.5 Å². The third kappa shape index (κ3) is 7.23. The van der Waals surface area contributed by atoms with E-state index in [1.807, 2.05) is 48.9 Å². The molecule has 1 aliphatic heterocycles. The SMILES string of the molecule is Cc1ccc(Cl)c(OC[C@@]2(O)CCCN(Cc3cccc(OCCCn4nc(C)cc4C)c3)C2)c1. The second kappa shape index (κ2) is 11.5. The molecule has 0 spiro atoms. The van der Waals surface area contributed by atoms with Crippen LogP contribution in [-0.4, -0.2) is 51.7 Å². The van der Waals surface area contributed by atoms with Crippen molar-refractivity contribution in [3.63, 3.8) is 0 Å². The monoisotopic (exact) mass is 497 g/mol. The summed E-state index contributed by atoms with van der Waals surface area (Å²) in [5, 5.41) is 16.3. The maximum Gasteiger partial charge on any atom is 0.138 e. The summed E-state index contributed by atoms with van der Waals surface area (Å²) in [6.07, 6.45) is 2.53. The van der Waals surface area contributed by atoms with E-state index in [1.54, 1.807) is 0 Å². The number of ether oxygens (including phenoxy) is 2. The van der Waals surface area contributed by atoms with Gasteiger partial charge >= 0.3 is 0 Å². The number of β-amino-alcohol motifs (C(OH)–C–C–N with tert-alkyl or cyclic N) is 1. The summed E-state index contributed by atoms with van der Waals surface area (Å²) in [6, 6.07) is 16.0. The molecule has 6 nitrogen and oxygen atoms in total. The summed E-state index contributed by atoms with van der Waals surface area (Å²) in [5.41, 5.74) is 3.58.